The largest absolute Gasteiger partial charge is 0.375 e. The fourth-order valence-corrected chi connectivity index (χ4v) is 2.29. The average Bonchev–Trinajstić information content (AvgIpc) is 2.44. The predicted octanol–water partition coefficient (Wildman–Crippen LogP) is 5.01. The third kappa shape index (κ3) is 4.53. The van der Waals surface area contributed by atoms with Crippen LogP contribution < -0.4 is 10.6 Å². The second-order valence-electron chi connectivity index (χ2n) is 4.51. The van der Waals surface area contributed by atoms with Gasteiger partial charge in [-0.2, -0.15) is 0 Å². The highest BCUT2D eigenvalue weighted by atomic mass is 35.5. The molecule has 1 amide bonds. The Morgan fingerprint density at radius 1 is 1.00 bits per heavy atom. The van der Waals surface area contributed by atoms with Crippen molar-refractivity contribution in [1.29, 1.82) is 0 Å². The smallest absolute Gasteiger partial charge is 0.243 e. The molecule has 2 rings (SSSR count). The Morgan fingerprint density at radius 3 is 2.29 bits per heavy atom. The molecule has 2 aromatic carbocycles. The maximum absolute atomic E-state index is 11.9. The summed E-state index contributed by atoms with van der Waals surface area (Å²) in [5, 5.41) is 6.87. The van der Waals surface area contributed by atoms with Gasteiger partial charge in [0.2, 0.25) is 5.91 Å². The topological polar surface area (TPSA) is 41.1 Å². The van der Waals surface area contributed by atoms with Crippen molar-refractivity contribution in [3.63, 3.8) is 0 Å². The van der Waals surface area contributed by atoms with Gasteiger partial charge >= 0.3 is 0 Å². The van der Waals surface area contributed by atoms with Crippen molar-refractivity contribution < 1.29 is 4.79 Å². The molecule has 0 spiro atoms. The summed E-state index contributed by atoms with van der Waals surface area (Å²) >= 11 is 17.8. The second kappa shape index (κ2) is 7.03. The van der Waals surface area contributed by atoms with Crippen molar-refractivity contribution in [2.75, 3.05) is 17.2 Å². The molecule has 0 fully saturated rings. The van der Waals surface area contributed by atoms with Crippen LogP contribution in [0, 0.1) is 6.92 Å². The third-order valence-corrected chi connectivity index (χ3v) is 3.82. The van der Waals surface area contributed by atoms with Crippen LogP contribution in [0.4, 0.5) is 11.4 Å². The van der Waals surface area contributed by atoms with E-state index in [9.17, 15) is 4.79 Å². The van der Waals surface area contributed by atoms with Crippen LogP contribution in [0.15, 0.2) is 36.4 Å². The van der Waals surface area contributed by atoms with Crippen molar-refractivity contribution >= 4 is 52.1 Å². The van der Waals surface area contributed by atoms with Crippen LogP contribution in [0.1, 0.15) is 5.56 Å². The summed E-state index contributed by atoms with van der Waals surface area (Å²) < 4.78 is 0. The molecule has 21 heavy (non-hydrogen) atoms. The Bertz CT molecular complexity index is 657. The monoisotopic (exact) mass is 342 g/mol. The van der Waals surface area contributed by atoms with Crippen LogP contribution >= 0.6 is 34.8 Å². The summed E-state index contributed by atoms with van der Waals surface area (Å²) in [7, 11) is 0. The van der Waals surface area contributed by atoms with Gasteiger partial charge in [0.25, 0.3) is 0 Å². The van der Waals surface area contributed by atoms with Crippen LogP contribution in [-0.2, 0) is 4.79 Å². The molecule has 0 unspecified atom stereocenters. The van der Waals surface area contributed by atoms with E-state index in [1.54, 1.807) is 6.07 Å². The highest BCUT2D eigenvalue weighted by molar-refractivity contribution is 6.44. The maximum atomic E-state index is 11.9. The molecule has 3 nitrogen and oxygen atoms in total. The fraction of sp³-hybridized carbons (Fsp3) is 0.133. The van der Waals surface area contributed by atoms with E-state index in [1.165, 1.54) is 6.07 Å². The highest BCUT2D eigenvalue weighted by Crippen LogP contribution is 2.32. The minimum atomic E-state index is -0.180. The van der Waals surface area contributed by atoms with Crippen LogP contribution in [0.3, 0.4) is 0 Å². The number of carbonyl (C=O) groups is 1. The van der Waals surface area contributed by atoms with Crippen LogP contribution in [0.5, 0.6) is 0 Å². The Morgan fingerprint density at radius 2 is 1.62 bits per heavy atom. The van der Waals surface area contributed by atoms with E-state index in [0.29, 0.717) is 20.8 Å². The number of carbonyl (C=O) groups excluding carboxylic acids is 1. The van der Waals surface area contributed by atoms with E-state index in [0.717, 1.165) is 11.3 Å². The van der Waals surface area contributed by atoms with Gasteiger partial charge in [0.1, 0.15) is 0 Å². The van der Waals surface area contributed by atoms with Gasteiger partial charge in [-0.05, 0) is 31.2 Å². The van der Waals surface area contributed by atoms with Gasteiger partial charge in [-0.1, -0.05) is 52.5 Å². The van der Waals surface area contributed by atoms with E-state index >= 15 is 0 Å². The molecular weight excluding hydrogens is 331 g/mol. The predicted molar refractivity (Wildman–Crippen MR) is 89.8 cm³/mol. The summed E-state index contributed by atoms with van der Waals surface area (Å²) in [6.45, 7) is 2.06. The maximum Gasteiger partial charge on any atom is 0.243 e. The van der Waals surface area contributed by atoms with Gasteiger partial charge < -0.3 is 10.6 Å². The summed E-state index contributed by atoms with van der Waals surface area (Å²) in [6.07, 6.45) is 0. The summed E-state index contributed by atoms with van der Waals surface area (Å²) in [6, 6.07) is 10.7. The van der Waals surface area contributed by atoms with Crippen molar-refractivity contribution in [2.45, 2.75) is 6.92 Å². The van der Waals surface area contributed by atoms with Gasteiger partial charge in [0, 0.05) is 5.69 Å². The minimum Gasteiger partial charge on any atom is -0.375 e. The normalized spacial score (nSPS) is 10.3. The molecule has 0 atom stereocenters. The van der Waals surface area contributed by atoms with Gasteiger partial charge in [-0.3, -0.25) is 4.79 Å². The quantitative estimate of drug-likeness (QED) is 0.766. The van der Waals surface area contributed by atoms with Crippen molar-refractivity contribution in [1.82, 2.24) is 0 Å². The van der Waals surface area contributed by atoms with Gasteiger partial charge in [0.05, 0.1) is 27.3 Å². The Labute approximate surface area is 138 Å². The molecule has 0 saturated carbocycles. The van der Waals surface area contributed by atoms with Gasteiger partial charge in [0.15, 0.2) is 0 Å². The highest BCUT2D eigenvalue weighted by Gasteiger charge is 2.08. The molecule has 0 aliphatic carbocycles. The molecule has 0 aliphatic rings. The molecule has 110 valence electrons. The summed E-state index contributed by atoms with van der Waals surface area (Å²) in [4.78, 5) is 11.9. The molecule has 2 aromatic rings. The molecule has 0 aliphatic heterocycles. The first kappa shape index (κ1) is 16.0. The first-order valence-electron chi connectivity index (χ1n) is 6.20. The Balaban J connectivity index is 1.95. The number of nitrogens with one attached hydrogen (secondary N) is 2. The number of aryl methyl sites for hydroxylation is 1. The zero-order chi connectivity index (χ0) is 15.4. The van der Waals surface area contributed by atoms with Crippen LogP contribution in [0.25, 0.3) is 0 Å². The average molecular weight is 344 g/mol. The number of amides is 1. The molecular formula is C15H13Cl3N2O. The van der Waals surface area contributed by atoms with Crippen LogP contribution in [-0.4, -0.2) is 12.5 Å². The number of hydrogen-bond donors (Lipinski definition) is 2. The second-order valence-corrected chi connectivity index (χ2v) is 5.74. The minimum absolute atomic E-state index is 0.0750. The third-order valence-electron chi connectivity index (χ3n) is 2.78. The van der Waals surface area contributed by atoms with E-state index in [4.69, 9.17) is 34.8 Å². The number of hydrogen-bond acceptors (Lipinski definition) is 2. The van der Waals surface area contributed by atoms with E-state index in [1.807, 2.05) is 31.2 Å². The molecule has 0 heterocycles. The lowest BCUT2D eigenvalue weighted by molar-refractivity contribution is -0.114. The molecule has 2 N–H and O–H groups in total. The lowest BCUT2D eigenvalue weighted by Crippen LogP contribution is -2.21. The standard InChI is InChI=1S/C15H13Cl3N2O/c1-9-2-4-10(5-3-9)20-15(21)8-19-14-7-12(17)11(16)6-13(14)18/h2-7,19H,8H2,1H3,(H,20,21). The van der Waals surface area contributed by atoms with Crippen molar-refractivity contribution in [2.24, 2.45) is 0 Å². The fourth-order valence-electron chi connectivity index (χ4n) is 1.68. The Hall–Kier alpha value is -1.42. The molecule has 0 aromatic heterocycles. The lowest BCUT2D eigenvalue weighted by atomic mass is 10.2. The zero-order valence-electron chi connectivity index (χ0n) is 11.2. The summed E-state index contributed by atoms with van der Waals surface area (Å²) in [5.74, 6) is -0.180. The van der Waals surface area contributed by atoms with Crippen molar-refractivity contribution in [3.8, 4) is 0 Å². The number of anilines is 2. The molecule has 6 heteroatoms. The van der Waals surface area contributed by atoms with Gasteiger partial charge in [-0.15, -0.1) is 0 Å². The van der Waals surface area contributed by atoms with E-state index < -0.39 is 0 Å². The molecule has 0 saturated heterocycles. The van der Waals surface area contributed by atoms with Gasteiger partial charge in [-0.25, -0.2) is 0 Å². The molecule has 0 radical (unpaired) electrons. The summed E-state index contributed by atoms with van der Waals surface area (Å²) in [5.41, 5.74) is 2.44. The zero-order valence-corrected chi connectivity index (χ0v) is 13.5. The Kier molecular flexibility index (Phi) is 5.34. The van der Waals surface area contributed by atoms with Crippen LogP contribution in [0.2, 0.25) is 15.1 Å². The first-order chi connectivity index (χ1) is 9.95. The number of rotatable bonds is 4. The SMILES string of the molecule is Cc1ccc(NC(=O)CNc2cc(Cl)c(Cl)cc2Cl)cc1. The molecule has 0 bridgehead atoms. The first-order valence-corrected chi connectivity index (χ1v) is 7.34. The van der Waals surface area contributed by atoms with E-state index in [2.05, 4.69) is 10.6 Å². The van der Waals surface area contributed by atoms with Crippen molar-refractivity contribution in [3.05, 3.63) is 57.0 Å². The lowest BCUT2D eigenvalue weighted by Gasteiger charge is -2.10. The number of halogens is 3. The van der Waals surface area contributed by atoms with E-state index in [-0.39, 0.29) is 12.5 Å². The number of benzene rings is 2.